The molecule has 0 radical (unpaired) electrons. The van der Waals surface area contributed by atoms with Gasteiger partial charge in [0.15, 0.2) is 0 Å². The van der Waals surface area contributed by atoms with E-state index in [-0.39, 0.29) is 5.91 Å². The van der Waals surface area contributed by atoms with Gasteiger partial charge in [-0.15, -0.1) is 0 Å². The number of likely N-dealkylation sites (tertiary alicyclic amines) is 1. The first-order valence-electron chi connectivity index (χ1n) is 8.71. The molecule has 2 heterocycles. The zero-order valence-corrected chi connectivity index (χ0v) is 14.7. The van der Waals surface area contributed by atoms with Crippen LogP contribution >= 0.6 is 0 Å². The maximum absolute atomic E-state index is 12.5. The first-order valence-corrected chi connectivity index (χ1v) is 8.71. The number of benzene rings is 1. The van der Waals surface area contributed by atoms with Crippen molar-refractivity contribution >= 4 is 16.9 Å². The van der Waals surface area contributed by atoms with E-state index in [9.17, 15) is 4.79 Å². The van der Waals surface area contributed by atoms with Crippen molar-refractivity contribution in [1.82, 2.24) is 14.5 Å². The van der Waals surface area contributed by atoms with Gasteiger partial charge in [-0.2, -0.15) is 0 Å². The summed E-state index contributed by atoms with van der Waals surface area (Å²) in [6.45, 7) is 10.4. The molecule has 0 saturated carbocycles. The van der Waals surface area contributed by atoms with Gasteiger partial charge < -0.3 is 9.47 Å². The van der Waals surface area contributed by atoms with E-state index in [4.69, 9.17) is 0 Å². The lowest BCUT2D eigenvalue weighted by Crippen LogP contribution is -2.39. The molecular weight excluding hydrogens is 286 g/mol. The first kappa shape index (κ1) is 16.0. The van der Waals surface area contributed by atoms with Gasteiger partial charge in [-0.1, -0.05) is 13.0 Å². The number of hydrogen-bond acceptors (Lipinski definition) is 2. The molecule has 1 aromatic heterocycles. The van der Waals surface area contributed by atoms with Gasteiger partial charge in [0.25, 0.3) is 0 Å². The number of carbonyl (C=O) groups excluding carboxylic acids is 1. The van der Waals surface area contributed by atoms with Crippen molar-refractivity contribution in [1.29, 1.82) is 0 Å². The van der Waals surface area contributed by atoms with Crippen molar-refractivity contribution in [3.05, 3.63) is 29.6 Å². The third kappa shape index (κ3) is 3.26. The van der Waals surface area contributed by atoms with E-state index in [1.165, 1.54) is 6.42 Å². The zero-order valence-electron chi connectivity index (χ0n) is 14.7. The van der Waals surface area contributed by atoms with Crippen molar-refractivity contribution < 1.29 is 4.79 Å². The molecule has 1 saturated heterocycles. The van der Waals surface area contributed by atoms with E-state index < -0.39 is 0 Å². The summed E-state index contributed by atoms with van der Waals surface area (Å²) in [4.78, 5) is 19.2. The maximum Gasteiger partial charge on any atom is 0.226 e. The summed E-state index contributed by atoms with van der Waals surface area (Å²) < 4.78 is 2.24. The van der Waals surface area contributed by atoms with Crippen molar-refractivity contribution in [2.45, 2.75) is 53.0 Å². The Hall–Kier alpha value is -1.84. The molecule has 3 rings (SSSR count). The normalized spacial score (nSPS) is 18.8. The minimum absolute atomic E-state index is 0.246. The van der Waals surface area contributed by atoms with Gasteiger partial charge >= 0.3 is 0 Å². The van der Waals surface area contributed by atoms with Gasteiger partial charge in [0.2, 0.25) is 5.91 Å². The van der Waals surface area contributed by atoms with Crippen molar-refractivity contribution in [3.63, 3.8) is 0 Å². The number of aryl methyl sites for hydroxylation is 1. The SMILES string of the molecule is Cc1nc2cc(CC(=O)N3CCCC(C)C3)ccc2n1C(C)C. The highest BCUT2D eigenvalue weighted by Crippen LogP contribution is 2.23. The van der Waals surface area contributed by atoms with Crippen molar-refractivity contribution in [2.24, 2.45) is 5.92 Å². The quantitative estimate of drug-likeness (QED) is 0.866. The lowest BCUT2D eigenvalue weighted by Gasteiger charge is -2.31. The Balaban J connectivity index is 1.80. The topological polar surface area (TPSA) is 38.1 Å². The van der Waals surface area contributed by atoms with Crippen LogP contribution in [0, 0.1) is 12.8 Å². The third-order valence-corrected chi connectivity index (χ3v) is 4.81. The molecule has 124 valence electrons. The van der Waals surface area contributed by atoms with E-state index in [2.05, 4.69) is 48.5 Å². The first-order chi connectivity index (χ1) is 11.0. The van der Waals surface area contributed by atoms with Crippen LogP contribution in [0.15, 0.2) is 18.2 Å². The molecule has 0 aliphatic carbocycles. The number of aromatic nitrogens is 2. The molecule has 4 nitrogen and oxygen atoms in total. The highest BCUT2D eigenvalue weighted by Gasteiger charge is 2.21. The molecule has 0 N–H and O–H groups in total. The summed E-state index contributed by atoms with van der Waals surface area (Å²) in [5.41, 5.74) is 3.21. The Morgan fingerprint density at radius 3 is 2.87 bits per heavy atom. The predicted octanol–water partition coefficient (Wildman–Crippen LogP) is 3.73. The molecule has 1 amide bonds. The van der Waals surface area contributed by atoms with Gasteiger partial charge in [-0.05, 0) is 57.2 Å². The Kier molecular flexibility index (Phi) is 4.42. The Labute approximate surface area is 138 Å². The monoisotopic (exact) mass is 313 g/mol. The minimum atomic E-state index is 0.246. The summed E-state index contributed by atoms with van der Waals surface area (Å²) in [7, 11) is 0. The fourth-order valence-electron chi connectivity index (χ4n) is 3.73. The molecule has 1 atom stereocenters. The van der Waals surface area contributed by atoms with Crippen LogP contribution in [0.4, 0.5) is 0 Å². The third-order valence-electron chi connectivity index (χ3n) is 4.81. The second-order valence-corrected chi connectivity index (χ2v) is 7.21. The van der Waals surface area contributed by atoms with Crippen LogP contribution in [0.3, 0.4) is 0 Å². The zero-order chi connectivity index (χ0) is 16.6. The molecule has 2 aromatic rings. The molecule has 1 aliphatic rings. The molecule has 1 unspecified atom stereocenters. The molecule has 1 aromatic carbocycles. The smallest absolute Gasteiger partial charge is 0.226 e. The van der Waals surface area contributed by atoms with Crippen LogP contribution < -0.4 is 0 Å². The van der Waals surface area contributed by atoms with Crippen LogP contribution in [0.1, 0.15) is 51.0 Å². The Bertz CT molecular complexity index is 717. The van der Waals surface area contributed by atoms with E-state index in [1.54, 1.807) is 0 Å². The number of nitrogens with zero attached hydrogens (tertiary/aromatic N) is 3. The van der Waals surface area contributed by atoms with Crippen LogP contribution in [0.25, 0.3) is 11.0 Å². The average molecular weight is 313 g/mol. The van der Waals surface area contributed by atoms with Gasteiger partial charge in [0.1, 0.15) is 5.82 Å². The van der Waals surface area contributed by atoms with E-state index in [0.29, 0.717) is 18.4 Å². The standard InChI is InChI=1S/C19H27N3O/c1-13(2)22-15(4)20-17-10-16(7-8-18(17)22)11-19(23)21-9-5-6-14(3)12-21/h7-8,10,13-14H,5-6,9,11-12H2,1-4H3. The number of rotatable bonds is 3. The predicted molar refractivity (Wildman–Crippen MR) is 93.5 cm³/mol. The molecular formula is C19H27N3O. The summed E-state index contributed by atoms with van der Waals surface area (Å²) in [5.74, 6) is 1.90. The van der Waals surface area contributed by atoms with Crippen LogP contribution in [0.2, 0.25) is 0 Å². The lowest BCUT2D eigenvalue weighted by molar-refractivity contribution is -0.132. The minimum Gasteiger partial charge on any atom is -0.342 e. The van der Waals surface area contributed by atoms with Gasteiger partial charge in [-0.25, -0.2) is 4.98 Å². The van der Waals surface area contributed by atoms with Gasteiger partial charge in [0.05, 0.1) is 17.5 Å². The molecule has 0 spiro atoms. The molecule has 4 heteroatoms. The van der Waals surface area contributed by atoms with E-state index in [0.717, 1.165) is 41.9 Å². The summed E-state index contributed by atoms with van der Waals surface area (Å²) in [5, 5.41) is 0. The molecule has 1 fully saturated rings. The van der Waals surface area contributed by atoms with Crippen LogP contribution in [-0.2, 0) is 11.2 Å². The number of fused-ring (bicyclic) bond motifs is 1. The summed E-state index contributed by atoms with van der Waals surface area (Å²) in [6, 6.07) is 6.65. The van der Waals surface area contributed by atoms with Crippen LogP contribution in [-0.4, -0.2) is 33.4 Å². The van der Waals surface area contributed by atoms with Gasteiger partial charge in [0, 0.05) is 19.1 Å². The maximum atomic E-state index is 12.5. The van der Waals surface area contributed by atoms with Crippen molar-refractivity contribution in [2.75, 3.05) is 13.1 Å². The van der Waals surface area contributed by atoms with Crippen molar-refractivity contribution in [3.8, 4) is 0 Å². The molecule has 1 aliphatic heterocycles. The Morgan fingerprint density at radius 1 is 1.39 bits per heavy atom. The summed E-state index contributed by atoms with van der Waals surface area (Å²) in [6.07, 6.45) is 2.85. The fourth-order valence-corrected chi connectivity index (χ4v) is 3.73. The van der Waals surface area contributed by atoms with Crippen LogP contribution in [0.5, 0.6) is 0 Å². The number of carbonyl (C=O) groups is 1. The number of piperidine rings is 1. The van der Waals surface area contributed by atoms with E-state index >= 15 is 0 Å². The Morgan fingerprint density at radius 2 is 2.17 bits per heavy atom. The second kappa shape index (κ2) is 6.34. The molecule has 23 heavy (non-hydrogen) atoms. The highest BCUT2D eigenvalue weighted by molar-refractivity contribution is 5.82. The largest absolute Gasteiger partial charge is 0.342 e. The highest BCUT2D eigenvalue weighted by atomic mass is 16.2. The average Bonchev–Trinajstić information content (AvgIpc) is 2.82. The number of amides is 1. The number of imidazole rings is 1. The van der Waals surface area contributed by atoms with Gasteiger partial charge in [-0.3, -0.25) is 4.79 Å². The second-order valence-electron chi connectivity index (χ2n) is 7.21. The summed E-state index contributed by atoms with van der Waals surface area (Å²) >= 11 is 0. The number of hydrogen-bond donors (Lipinski definition) is 0. The molecule has 0 bridgehead atoms. The van der Waals surface area contributed by atoms with E-state index in [1.807, 2.05) is 11.8 Å². The lowest BCUT2D eigenvalue weighted by atomic mass is 9.99. The fraction of sp³-hybridized carbons (Fsp3) is 0.579.